The SMILES string of the molecule is O=CNC(=CC1=C(C(F)(F)F)C=CC1C(F)(F)F)NC=O. The minimum absolute atomic E-state index is 0.00112. The van der Waals surface area contributed by atoms with E-state index in [0.717, 1.165) is 0 Å². The number of alkyl halides is 6. The Bertz CT molecular complexity index is 504. The lowest BCUT2D eigenvalue weighted by Gasteiger charge is -2.18. The van der Waals surface area contributed by atoms with Gasteiger partial charge in [-0.1, -0.05) is 12.2 Å². The van der Waals surface area contributed by atoms with E-state index in [1.54, 1.807) is 10.6 Å². The van der Waals surface area contributed by atoms with Crippen LogP contribution in [0.3, 0.4) is 0 Å². The van der Waals surface area contributed by atoms with Gasteiger partial charge in [-0.2, -0.15) is 26.3 Å². The Labute approximate surface area is 114 Å². The van der Waals surface area contributed by atoms with Crippen LogP contribution in [0.2, 0.25) is 0 Å². The molecule has 21 heavy (non-hydrogen) atoms. The first-order valence-electron chi connectivity index (χ1n) is 5.29. The molecule has 0 saturated carbocycles. The fraction of sp³-hybridized carbons (Fsp3) is 0.273. The Morgan fingerprint density at radius 2 is 1.57 bits per heavy atom. The number of allylic oxidation sites excluding steroid dienone is 5. The second-order valence-electron chi connectivity index (χ2n) is 3.83. The first-order chi connectivity index (χ1) is 9.61. The lowest BCUT2D eigenvalue weighted by atomic mass is 9.99. The van der Waals surface area contributed by atoms with Gasteiger partial charge in [0.25, 0.3) is 0 Å². The molecule has 0 aromatic rings. The summed E-state index contributed by atoms with van der Waals surface area (Å²) in [7, 11) is 0. The van der Waals surface area contributed by atoms with Crippen LogP contribution in [0, 0.1) is 5.92 Å². The van der Waals surface area contributed by atoms with E-state index in [0.29, 0.717) is 18.2 Å². The van der Waals surface area contributed by atoms with Crippen LogP contribution in [0.1, 0.15) is 0 Å². The summed E-state index contributed by atoms with van der Waals surface area (Å²) >= 11 is 0. The number of amides is 2. The second kappa shape index (κ2) is 6.02. The van der Waals surface area contributed by atoms with Crippen molar-refractivity contribution in [3.8, 4) is 0 Å². The molecular formula is C11H8F6N2O2. The van der Waals surface area contributed by atoms with Gasteiger partial charge in [-0.3, -0.25) is 9.59 Å². The summed E-state index contributed by atoms with van der Waals surface area (Å²) in [5.41, 5.74) is -2.61. The van der Waals surface area contributed by atoms with E-state index in [-0.39, 0.29) is 12.8 Å². The maximum absolute atomic E-state index is 12.7. The van der Waals surface area contributed by atoms with E-state index in [1.807, 2.05) is 0 Å². The molecular weight excluding hydrogens is 306 g/mol. The third-order valence-electron chi connectivity index (χ3n) is 2.49. The van der Waals surface area contributed by atoms with Crippen molar-refractivity contribution >= 4 is 12.8 Å². The average Bonchev–Trinajstić information content (AvgIpc) is 2.72. The predicted molar refractivity (Wildman–Crippen MR) is 58.2 cm³/mol. The van der Waals surface area contributed by atoms with Crippen molar-refractivity contribution in [1.82, 2.24) is 10.6 Å². The molecule has 10 heteroatoms. The molecule has 2 amide bonds. The second-order valence-corrected chi connectivity index (χ2v) is 3.83. The highest BCUT2D eigenvalue weighted by Gasteiger charge is 2.47. The summed E-state index contributed by atoms with van der Waals surface area (Å²) in [6, 6.07) is 0. The maximum Gasteiger partial charge on any atom is 0.416 e. The van der Waals surface area contributed by atoms with Crippen molar-refractivity contribution in [2.24, 2.45) is 5.92 Å². The third kappa shape index (κ3) is 4.10. The van der Waals surface area contributed by atoms with Crippen molar-refractivity contribution in [3.05, 3.63) is 35.2 Å². The van der Waals surface area contributed by atoms with Crippen molar-refractivity contribution in [2.75, 3.05) is 0 Å². The third-order valence-corrected chi connectivity index (χ3v) is 2.49. The summed E-state index contributed by atoms with van der Waals surface area (Å²) in [6.07, 6.45) is -8.86. The van der Waals surface area contributed by atoms with Gasteiger partial charge in [-0.15, -0.1) is 0 Å². The van der Waals surface area contributed by atoms with E-state index in [9.17, 15) is 35.9 Å². The molecule has 1 aliphatic carbocycles. The smallest absolute Gasteiger partial charge is 0.315 e. The average molecular weight is 314 g/mol. The van der Waals surface area contributed by atoms with Crippen LogP contribution in [-0.4, -0.2) is 25.2 Å². The number of rotatable bonds is 5. The number of hydrogen-bond donors (Lipinski definition) is 2. The van der Waals surface area contributed by atoms with E-state index in [4.69, 9.17) is 0 Å². The first-order valence-corrected chi connectivity index (χ1v) is 5.29. The Hall–Kier alpha value is -2.26. The number of nitrogens with one attached hydrogen (secondary N) is 2. The summed E-state index contributed by atoms with van der Waals surface area (Å²) < 4.78 is 76.3. The number of carbonyl (C=O) groups excluding carboxylic acids is 2. The lowest BCUT2D eigenvalue weighted by molar-refractivity contribution is -0.150. The molecule has 0 aromatic heterocycles. The summed E-state index contributed by atoms with van der Waals surface area (Å²) in [5.74, 6) is -3.08. The fourth-order valence-corrected chi connectivity index (χ4v) is 1.68. The molecule has 0 heterocycles. The fourth-order valence-electron chi connectivity index (χ4n) is 1.68. The van der Waals surface area contributed by atoms with Gasteiger partial charge in [0.15, 0.2) is 0 Å². The van der Waals surface area contributed by atoms with Crippen LogP contribution in [0.5, 0.6) is 0 Å². The number of hydrogen-bond acceptors (Lipinski definition) is 2. The van der Waals surface area contributed by atoms with Gasteiger partial charge >= 0.3 is 12.4 Å². The minimum atomic E-state index is -5.00. The van der Waals surface area contributed by atoms with Crippen molar-refractivity contribution < 1.29 is 35.9 Å². The van der Waals surface area contributed by atoms with Crippen LogP contribution in [0.15, 0.2) is 35.2 Å². The molecule has 4 nitrogen and oxygen atoms in total. The molecule has 1 unspecified atom stereocenters. The van der Waals surface area contributed by atoms with Crippen LogP contribution in [-0.2, 0) is 9.59 Å². The van der Waals surface area contributed by atoms with Crippen LogP contribution in [0.4, 0.5) is 26.3 Å². The number of halogens is 6. The number of carbonyl (C=O) groups is 2. The van der Waals surface area contributed by atoms with Crippen molar-refractivity contribution in [1.29, 1.82) is 0 Å². The van der Waals surface area contributed by atoms with Gasteiger partial charge in [0, 0.05) is 0 Å². The van der Waals surface area contributed by atoms with Crippen LogP contribution in [0.25, 0.3) is 0 Å². The molecule has 0 radical (unpaired) electrons. The highest BCUT2D eigenvalue weighted by molar-refractivity contribution is 5.58. The highest BCUT2D eigenvalue weighted by Crippen LogP contribution is 2.44. The normalized spacial score (nSPS) is 18.5. The molecule has 1 atom stereocenters. The standard InChI is InChI=1S/C11H8F6N2O2/c12-10(13,14)7-1-2-8(11(15,16)17)6(7)3-9(18-4-20)19-5-21/h1-5,7H,(H,18,20)(H,19,21). The van der Waals surface area contributed by atoms with Crippen LogP contribution < -0.4 is 10.6 Å². The monoisotopic (exact) mass is 314 g/mol. The molecule has 0 aromatic carbocycles. The highest BCUT2D eigenvalue weighted by atomic mass is 19.4. The van der Waals surface area contributed by atoms with Gasteiger partial charge in [0.2, 0.25) is 12.8 Å². The van der Waals surface area contributed by atoms with Gasteiger partial charge < -0.3 is 10.6 Å². The van der Waals surface area contributed by atoms with E-state index in [1.165, 1.54) is 0 Å². The molecule has 1 aliphatic rings. The summed E-state index contributed by atoms with van der Waals surface area (Å²) in [5, 5.41) is 3.59. The van der Waals surface area contributed by atoms with Gasteiger partial charge in [-0.05, 0) is 11.6 Å². The van der Waals surface area contributed by atoms with Crippen molar-refractivity contribution in [3.63, 3.8) is 0 Å². The van der Waals surface area contributed by atoms with Gasteiger partial charge in [0.1, 0.15) is 5.82 Å². The zero-order chi connectivity index (χ0) is 16.3. The Balaban J connectivity index is 3.36. The predicted octanol–water partition coefficient (Wildman–Crippen LogP) is 1.93. The molecule has 1 rings (SSSR count). The maximum atomic E-state index is 12.7. The molecule has 0 spiro atoms. The topological polar surface area (TPSA) is 58.2 Å². The van der Waals surface area contributed by atoms with E-state index >= 15 is 0 Å². The first kappa shape index (κ1) is 16.8. The Morgan fingerprint density at radius 1 is 1.05 bits per heavy atom. The molecule has 0 fully saturated rings. The molecule has 116 valence electrons. The Morgan fingerprint density at radius 3 is 1.95 bits per heavy atom. The summed E-state index contributed by atoms with van der Waals surface area (Å²) in [6.45, 7) is 0. The quantitative estimate of drug-likeness (QED) is 0.602. The molecule has 0 aliphatic heterocycles. The van der Waals surface area contributed by atoms with E-state index < -0.39 is 35.2 Å². The van der Waals surface area contributed by atoms with E-state index in [2.05, 4.69) is 0 Å². The molecule has 2 N–H and O–H groups in total. The molecule has 0 saturated heterocycles. The zero-order valence-electron chi connectivity index (χ0n) is 10.0. The van der Waals surface area contributed by atoms with Crippen LogP contribution >= 0.6 is 0 Å². The van der Waals surface area contributed by atoms with Crippen molar-refractivity contribution in [2.45, 2.75) is 12.4 Å². The largest absolute Gasteiger partial charge is 0.416 e. The van der Waals surface area contributed by atoms with Gasteiger partial charge in [-0.25, -0.2) is 0 Å². The van der Waals surface area contributed by atoms with Gasteiger partial charge in [0.05, 0.1) is 11.5 Å². The summed E-state index contributed by atoms with van der Waals surface area (Å²) in [4.78, 5) is 20.5. The lowest BCUT2D eigenvalue weighted by Crippen LogP contribution is -2.27. The zero-order valence-corrected chi connectivity index (χ0v) is 10.0. The Kier molecular flexibility index (Phi) is 4.81. The minimum Gasteiger partial charge on any atom is -0.315 e. The molecule has 0 bridgehead atoms.